The van der Waals surface area contributed by atoms with Crippen molar-refractivity contribution in [3.05, 3.63) is 62.0 Å². The number of primary amides is 1. The molecular formula is C14H11Br2ClN2O. The lowest BCUT2D eigenvalue weighted by Gasteiger charge is -2.18. The molecule has 2 aromatic carbocycles. The lowest BCUT2D eigenvalue weighted by molar-refractivity contribution is -0.118. The van der Waals surface area contributed by atoms with Crippen LogP contribution in [-0.4, -0.2) is 5.91 Å². The van der Waals surface area contributed by atoms with Gasteiger partial charge in [0.2, 0.25) is 5.91 Å². The number of amides is 1. The van der Waals surface area contributed by atoms with Gasteiger partial charge in [0.05, 0.1) is 5.02 Å². The van der Waals surface area contributed by atoms with Crippen LogP contribution in [0.5, 0.6) is 0 Å². The lowest BCUT2D eigenvalue weighted by atomic mass is 10.1. The van der Waals surface area contributed by atoms with Gasteiger partial charge in [0.25, 0.3) is 0 Å². The molecule has 0 heterocycles. The van der Waals surface area contributed by atoms with E-state index in [-0.39, 0.29) is 0 Å². The van der Waals surface area contributed by atoms with Gasteiger partial charge in [-0.15, -0.1) is 0 Å². The van der Waals surface area contributed by atoms with Gasteiger partial charge in [-0.25, -0.2) is 0 Å². The van der Waals surface area contributed by atoms with Crippen LogP contribution in [0.3, 0.4) is 0 Å². The van der Waals surface area contributed by atoms with E-state index in [4.69, 9.17) is 17.3 Å². The van der Waals surface area contributed by atoms with Crippen molar-refractivity contribution < 1.29 is 4.79 Å². The molecular weight excluding hydrogens is 407 g/mol. The molecule has 1 unspecified atom stereocenters. The Morgan fingerprint density at radius 3 is 2.45 bits per heavy atom. The highest BCUT2D eigenvalue weighted by molar-refractivity contribution is 9.10. The van der Waals surface area contributed by atoms with Crippen molar-refractivity contribution >= 4 is 55.1 Å². The molecule has 2 aromatic rings. The first kappa shape index (κ1) is 15.4. The summed E-state index contributed by atoms with van der Waals surface area (Å²) in [5.74, 6) is -0.456. The zero-order chi connectivity index (χ0) is 14.7. The van der Waals surface area contributed by atoms with Gasteiger partial charge in [0.1, 0.15) is 6.04 Å². The topological polar surface area (TPSA) is 55.1 Å². The minimum atomic E-state index is -0.626. The van der Waals surface area contributed by atoms with Crippen molar-refractivity contribution in [3.63, 3.8) is 0 Å². The third-order valence-corrected chi connectivity index (χ3v) is 4.67. The lowest BCUT2D eigenvalue weighted by Crippen LogP contribution is -2.28. The van der Waals surface area contributed by atoms with Gasteiger partial charge in [-0.2, -0.15) is 0 Å². The second-order valence-corrected chi connectivity index (χ2v) is 6.25. The van der Waals surface area contributed by atoms with Crippen LogP contribution in [0.25, 0.3) is 0 Å². The molecule has 104 valence electrons. The minimum Gasteiger partial charge on any atom is -0.370 e. The average Bonchev–Trinajstić information content (AvgIpc) is 2.41. The molecule has 1 amide bonds. The second-order valence-electron chi connectivity index (χ2n) is 4.13. The smallest absolute Gasteiger partial charge is 0.244 e. The Morgan fingerprint density at radius 2 is 1.85 bits per heavy atom. The molecule has 1 atom stereocenters. The highest BCUT2D eigenvalue weighted by Gasteiger charge is 2.20. The SMILES string of the molecule is NC(=O)C(Nc1ccc(Cl)c(Br)c1)c1ccccc1Br. The first-order valence-corrected chi connectivity index (χ1v) is 7.71. The van der Waals surface area contributed by atoms with Crippen LogP contribution in [0.2, 0.25) is 5.02 Å². The number of benzene rings is 2. The molecule has 3 N–H and O–H groups in total. The Balaban J connectivity index is 2.33. The van der Waals surface area contributed by atoms with E-state index in [1.807, 2.05) is 24.3 Å². The number of rotatable bonds is 4. The predicted molar refractivity (Wildman–Crippen MR) is 88.9 cm³/mol. The van der Waals surface area contributed by atoms with Gasteiger partial charge in [0, 0.05) is 14.6 Å². The van der Waals surface area contributed by atoms with Gasteiger partial charge in [-0.3, -0.25) is 4.79 Å². The van der Waals surface area contributed by atoms with E-state index in [1.165, 1.54) is 0 Å². The number of carbonyl (C=O) groups excluding carboxylic acids is 1. The average molecular weight is 419 g/mol. The summed E-state index contributed by atoms with van der Waals surface area (Å²) >= 11 is 12.7. The summed E-state index contributed by atoms with van der Waals surface area (Å²) in [6.45, 7) is 0. The van der Waals surface area contributed by atoms with Crippen LogP contribution >= 0.6 is 43.5 Å². The summed E-state index contributed by atoms with van der Waals surface area (Å²) in [7, 11) is 0. The molecule has 0 fully saturated rings. The van der Waals surface area contributed by atoms with Crippen molar-refractivity contribution in [1.29, 1.82) is 0 Å². The number of halogens is 3. The monoisotopic (exact) mass is 416 g/mol. The third kappa shape index (κ3) is 3.53. The maximum absolute atomic E-state index is 11.7. The van der Waals surface area contributed by atoms with Gasteiger partial charge in [0.15, 0.2) is 0 Å². The van der Waals surface area contributed by atoms with Crippen molar-refractivity contribution in [3.8, 4) is 0 Å². The molecule has 3 nitrogen and oxygen atoms in total. The largest absolute Gasteiger partial charge is 0.370 e. The fourth-order valence-corrected chi connectivity index (χ4v) is 2.77. The van der Waals surface area contributed by atoms with Gasteiger partial charge >= 0.3 is 0 Å². The fourth-order valence-electron chi connectivity index (χ4n) is 1.76. The van der Waals surface area contributed by atoms with Crippen LogP contribution in [0.1, 0.15) is 11.6 Å². The predicted octanol–water partition coefficient (Wildman–Crippen LogP) is 4.50. The van der Waals surface area contributed by atoms with Crippen molar-refractivity contribution in [2.45, 2.75) is 6.04 Å². The van der Waals surface area contributed by atoms with Crippen LogP contribution in [0, 0.1) is 0 Å². The number of nitrogens with one attached hydrogen (secondary N) is 1. The van der Waals surface area contributed by atoms with Crippen LogP contribution < -0.4 is 11.1 Å². The minimum absolute atomic E-state index is 0.456. The number of nitrogens with two attached hydrogens (primary N) is 1. The van der Waals surface area contributed by atoms with Crippen molar-refractivity contribution in [2.24, 2.45) is 5.73 Å². The zero-order valence-corrected chi connectivity index (χ0v) is 14.2. The summed E-state index contributed by atoms with van der Waals surface area (Å²) in [6, 6.07) is 12.2. The highest BCUT2D eigenvalue weighted by Crippen LogP contribution is 2.30. The number of anilines is 1. The van der Waals surface area contributed by atoms with Crippen LogP contribution in [0.15, 0.2) is 51.4 Å². The number of hydrogen-bond acceptors (Lipinski definition) is 2. The van der Waals surface area contributed by atoms with E-state index in [9.17, 15) is 4.79 Å². The van der Waals surface area contributed by atoms with Gasteiger partial charge in [-0.05, 0) is 45.8 Å². The molecule has 0 radical (unpaired) electrons. The van der Waals surface area contributed by atoms with E-state index < -0.39 is 11.9 Å². The van der Waals surface area contributed by atoms with E-state index in [0.29, 0.717) is 5.02 Å². The summed E-state index contributed by atoms with van der Waals surface area (Å²) in [6.07, 6.45) is 0. The highest BCUT2D eigenvalue weighted by atomic mass is 79.9. The summed E-state index contributed by atoms with van der Waals surface area (Å²) in [5, 5.41) is 3.71. The van der Waals surface area contributed by atoms with Crippen LogP contribution in [-0.2, 0) is 4.79 Å². The molecule has 0 aliphatic carbocycles. The van der Waals surface area contributed by atoms with Gasteiger partial charge < -0.3 is 11.1 Å². The molecule has 0 aliphatic rings. The first-order chi connectivity index (χ1) is 9.49. The van der Waals surface area contributed by atoms with E-state index in [2.05, 4.69) is 37.2 Å². The second kappa shape index (κ2) is 6.61. The number of carbonyl (C=O) groups is 1. The Labute approximate surface area is 138 Å². The zero-order valence-electron chi connectivity index (χ0n) is 10.2. The number of hydrogen-bond donors (Lipinski definition) is 2. The molecule has 0 bridgehead atoms. The normalized spacial score (nSPS) is 11.9. The quantitative estimate of drug-likeness (QED) is 0.768. The maximum Gasteiger partial charge on any atom is 0.244 e. The van der Waals surface area contributed by atoms with Crippen LogP contribution in [0.4, 0.5) is 5.69 Å². The summed E-state index contributed by atoms with van der Waals surface area (Å²) in [4.78, 5) is 11.7. The molecule has 0 spiro atoms. The summed E-state index contributed by atoms with van der Waals surface area (Å²) < 4.78 is 1.57. The van der Waals surface area contributed by atoms with Gasteiger partial charge in [-0.1, -0.05) is 45.7 Å². The Hall–Kier alpha value is -1.04. The Morgan fingerprint density at radius 1 is 1.15 bits per heavy atom. The Bertz CT molecular complexity index is 649. The van der Waals surface area contributed by atoms with E-state index in [0.717, 1.165) is 20.2 Å². The Kier molecular flexibility index (Phi) is 5.07. The molecule has 0 aliphatic heterocycles. The standard InChI is InChI=1S/C14H11Br2ClN2O/c15-10-4-2-1-3-9(10)13(14(18)20)19-8-5-6-12(17)11(16)7-8/h1-7,13,19H,(H2,18,20). The molecule has 6 heteroatoms. The fraction of sp³-hybridized carbons (Fsp3) is 0.0714. The van der Waals surface area contributed by atoms with E-state index >= 15 is 0 Å². The molecule has 2 rings (SSSR count). The van der Waals surface area contributed by atoms with Crippen molar-refractivity contribution in [2.75, 3.05) is 5.32 Å². The third-order valence-electron chi connectivity index (χ3n) is 2.73. The summed E-state index contributed by atoms with van der Waals surface area (Å²) in [5.41, 5.74) is 7.03. The molecule has 0 saturated carbocycles. The molecule has 0 aromatic heterocycles. The molecule has 20 heavy (non-hydrogen) atoms. The van der Waals surface area contributed by atoms with E-state index in [1.54, 1.807) is 18.2 Å². The molecule has 0 saturated heterocycles. The van der Waals surface area contributed by atoms with Crippen molar-refractivity contribution in [1.82, 2.24) is 0 Å². The first-order valence-electron chi connectivity index (χ1n) is 5.74. The maximum atomic E-state index is 11.7.